The molecule has 1 saturated carbocycles. The average molecular weight is 279 g/mol. The molecular weight excluding hydrogens is 250 g/mol. The van der Waals surface area contributed by atoms with Crippen molar-refractivity contribution in [3.05, 3.63) is 18.0 Å². The predicted molar refractivity (Wildman–Crippen MR) is 82.0 cm³/mol. The first-order chi connectivity index (χ1) is 9.83. The summed E-state index contributed by atoms with van der Waals surface area (Å²) in [6.45, 7) is 3.90. The molecule has 0 aliphatic heterocycles. The fraction of sp³-hybridized carbons (Fsp3) is 0.812. The second kappa shape index (κ2) is 8.42. The molecular formula is C16H29N3O. The van der Waals surface area contributed by atoms with Crippen LogP contribution in [0.1, 0.15) is 57.2 Å². The summed E-state index contributed by atoms with van der Waals surface area (Å²) in [5.74, 6) is 0. The molecule has 1 heterocycles. The molecule has 1 aliphatic carbocycles. The van der Waals surface area contributed by atoms with Gasteiger partial charge in [-0.15, -0.1) is 0 Å². The third kappa shape index (κ3) is 4.60. The Kier molecular flexibility index (Phi) is 6.54. The van der Waals surface area contributed by atoms with Crippen molar-refractivity contribution in [2.75, 3.05) is 20.3 Å². The van der Waals surface area contributed by atoms with E-state index in [2.05, 4.69) is 29.2 Å². The lowest BCUT2D eigenvalue weighted by Crippen LogP contribution is -2.33. The van der Waals surface area contributed by atoms with Gasteiger partial charge in [-0.2, -0.15) is 5.10 Å². The number of nitrogens with one attached hydrogen (secondary N) is 1. The van der Waals surface area contributed by atoms with Crippen molar-refractivity contribution in [1.82, 2.24) is 15.1 Å². The molecule has 20 heavy (non-hydrogen) atoms. The van der Waals surface area contributed by atoms with Crippen molar-refractivity contribution >= 4 is 0 Å². The summed E-state index contributed by atoms with van der Waals surface area (Å²) in [7, 11) is 1.77. The lowest BCUT2D eigenvalue weighted by atomic mass is 9.96. The van der Waals surface area contributed by atoms with Crippen molar-refractivity contribution in [2.45, 2.75) is 64.0 Å². The van der Waals surface area contributed by atoms with E-state index in [4.69, 9.17) is 9.84 Å². The molecule has 2 rings (SSSR count). The zero-order valence-corrected chi connectivity index (χ0v) is 13.0. The summed E-state index contributed by atoms with van der Waals surface area (Å²) in [6, 6.07) is 3.26. The van der Waals surface area contributed by atoms with Crippen molar-refractivity contribution in [3.63, 3.8) is 0 Å². The minimum Gasteiger partial charge on any atom is -0.383 e. The molecule has 0 amide bonds. The number of aromatic nitrogens is 2. The summed E-state index contributed by atoms with van der Waals surface area (Å²) in [6.07, 6.45) is 11.0. The number of ether oxygens (including phenoxy) is 1. The van der Waals surface area contributed by atoms with Crippen LogP contribution < -0.4 is 5.32 Å². The zero-order valence-electron chi connectivity index (χ0n) is 13.0. The molecule has 4 nitrogen and oxygen atoms in total. The van der Waals surface area contributed by atoms with Crippen LogP contribution in [0.2, 0.25) is 0 Å². The van der Waals surface area contributed by atoms with E-state index in [1.807, 2.05) is 0 Å². The Hall–Kier alpha value is -0.870. The molecule has 1 N–H and O–H groups in total. The van der Waals surface area contributed by atoms with Crippen molar-refractivity contribution in [3.8, 4) is 0 Å². The van der Waals surface area contributed by atoms with Gasteiger partial charge in [0.05, 0.1) is 18.3 Å². The minimum absolute atomic E-state index is 0.435. The van der Waals surface area contributed by atoms with E-state index in [-0.39, 0.29) is 0 Å². The van der Waals surface area contributed by atoms with Gasteiger partial charge in [0.25, 0.3) is 0 Å². The molecule has 1 aromatic heterocycles. The number of likely N-dealkylation sites (N-methyl/N-ethyl adjacent to an activating group) is 1. The van der Waals surface area contributed by atoms with E-state index in [0.29, 0.717) is 12.1 Å². The Morgan fingerprint density at radius 1 is 1.40 bits per heavy atom. The number of aryl methyl sites for hydroxylation is 1. The van der Waals surface area contributed by atoms with Gasteiger partial charge in [0, 0.05) is 19.3 Å². The van der Waals surface area contributed by atoms with E-state index in [0.717, 1.165) is 26.0 Å². The quantitative estimate of drug-likeness (QED) is 0.795. The average Bonchev–Trinajstić information content (AvgIpc) is 2.95. The van der Waals surface area contributed by atoms with E-state index in [1.165, 1.54) is 37.8 Å². The van der Waals surface area contributed by atoms with Crippen LogP contribution in [-0.2, 0) is 11.2 Å². The zero-order chi connectivity index (χ0) is 14.2. The molecule has 4 heteroatoms. The molecule has 1 aromatic rings. The molecule has 0 aromatic carbocycles. The smallest absolute Gasteiger partial charge is 0.0625 e. The molecule has 0 bridgehead atoms. The maximum atomic E-state index is 5.26. The SMILES string of the molecule is CCNC(CCc1ccn(C2CCCCC2)n1)COC. The third-order valence-electron chi connectivity index (χ3n) is 4.22. The van der Waals surface area contributed by atoms with Gasteiger partial charge in [-0.25, -0.2) is 0 Å². The summed E-state index contributed by atoms with van der Waals surface area (Å²) >= 11 is 0. The van der Waals surface area contributed by atoms with Gasteiger partial charge in [0.15, 0.2) is 0 Å². The van der Waals surface area contributed by atoms with E-state index in [1.54, 1.807) is 7.11 Å². The molecule has 114 valence electrons. The van der Waals surface area contributed by atoms with Crippen LogP contribution >= 0.6 is 0 Å². The molecule has 0 saturated heterocycles. The Morgan fingerprint density at radius 3 is 2.90 bits per heavy atom. The predicted octanol–water partition coefficient (Wildman–Crippen LogP) is 2.95. The number of methoxy groups -OCH3 is 1. The first-order valence-corrected chi connectivity index (χ1v) is 8.09. The van der Waals surface area contributed by atoms with Crippen molar-refractivity contribution in [1.29, 1.82) is 0 Å². The fourth-order valence-electron chi connectivity index (χ4n) is 3.12. The monoisotopic (exact) mass is 279 g/mol. The van der Waals surface area contributed by atoms with Crippen LogP contribution in [0.15, 0.2) is 12.3 Å². The Labute approximate surface area is 122 Å². The molecule has 0 radical (unpaired) electrons. The van der Waals surface area contributed by atoms with Crippen LogP contribution in [0.4, 0.5) is 0 Å². The van der Waals surface area contributed by atoms with Crippen molar-refractivity contribution in [2.24, 2.45) is 0 Å². The number of hydrogen-bond donors (Lipinski definition) is 1. The lowest BCUT2D eigenvalue weighted by molar-refractivity contribution is 0.163. The van der Waals surface area contributed by atoms with Gasteiger partial charge in [-0.1, -0.05) is 26.2 Å². The highest BCUT2D eigenvalue weighted by molar-refractivity contribution is 5.01. The van der Waals surface area contributed by atoms with Gasteiger partial charge in [-0.05, 0) is 38.3 Å². The standard InChI is InChI=1S/C16H29N3O/c1-3-17-15(13-20-2)10-9-14-11-12-19(18-14)16-7-5-4-6-8-16/h11-12,15-17H,3-10,13H2,1-2H3. The van der Waals surface area contributed by atoms with Gasteiger partial charge in [0.1, 0.15) is 0 Å². The van der Waals surface area contributed by atoms with Crippen molar-refractivity contribution < 1.29 is 4.74 Å². The van der Waals surface area contributed by atoms with Gasteiger partial charge >= 0.3 is 0 Å². The maximum Gasteiger partial charge on any atom is 0.0625 e. The third-order valence-corrected chi connectivity index (χ3v) is 4.22. The number of hydrogen-bond acceptors (Lipinski definition) is 3. The summed E-state index contributed by atoms with van der Waals surface area (Å²) in [5, 5.41) is 8.24. The molecule has 1 atom stereocenters. The van der Waals surface area contributed by atoms with Crippen LogP contribution in [0, 0.1) is 0 Å². The Bertz CT molecular complexity index is 366. The van der Waals surface area contributed by atoms with E-state index < -0.39 is 0 Å². The highest BCUT2D eigenvalue weighted by Gasteiger charge is 2.16. The normalized spacial score (nSPS) is 18.3. The highest BCUT2D eigenvalue weighted by atomic mass is 16.5. The van der Waals surface area contributed by atoms with Crippen LogP contribution in [0.3, 0.4) is 0 Å². The topological polar surface area (TPSA) is 39.1 Å². The maximum absolute atomic E-state index is 5.26. The first kappa shape index (κ1) is 15.5. The summed E-state index contributed by atoms with van der Waals surface area (Å²) in [4.78, 5) is 0. The molecule has 1 fully saturated rings. The summed E-state index contributed by atoms with van der Waals surface area (Å²) < 4.78 is 7.46. The lowest BCUT2D eigenvalue weighted by Gasteiger charge is -2.21. The van der Waals surface area contributed by atoms with Crippen LogP contribution in [-0.4, -0.2) is 36.1 Å². The second-order valence-corrected chi connectivity index (χ2v) is 5.83. The minimum atomic E-state index is 0.435. The largest absolute Gasteiger partial charge is 0.383 e. The highest BCUT2D eigenvalue weighted by Crippen LogP contribution is 2.27. The van der Waals surface area contributed by atoms with E-state index >= 15 is 0 Å². The van der Waals surface area contributed by atoms with Crippen LogP contribution in [0.5, 0.6) is 0 Å². The molecule has 0 spiro atoms. The summed E-state index contributed by atoms with van der Waals surface area (Å²) in [5.41, 5.74) is 1.22. The Balaban J connectivity index is 1.82. The van der Waals surface area contributed by atoms with E-state index in [9.17, 15) is 0 Å². The van der Waals surface area contributed by atoms with Gasteiger partial charge in [-0.3, -0.25) is 4.68 Å². The van der Waals surface area contributed by atoms with Gasteiger partial charge < -0.3 is 10.1 Å². The number of nitrogens with zero attached hydrogens (tertiary/aromatic N) is 2. The van der Waals surface area contributed by atoms with Crippen LogP contribution in [0.25, 0.3) is 0 Å². The second-order valence-electron chi connectivity index (χ2n) is 5.83. The molecule has 1 unspecified atom stereocenters. The fourth-order valence-corrected chi connectivity index (χ4v) is 3.12. The Morgan fingerprint density at radius 2 is 2.20 bits per heavy atom. The van der Waals surface area contributed by atoms with Gasteiger partial charge in [0.2, 0.25) is 0 Å². The number of rotatable bonds is 8. The first-order valence-electron chi connectivity index (χ1n) is 8.09. The molecule has 1 aliphatic rings.